The standard InChI is InChI=1S/C14H16ClNO2/c1-9-8-16-5-4-14(9)7-12(17)11-6-10(15)2-3-13(11)18-14/h2-3,6,9,16H,4-5,7-8H2,1H3. The number of ether oxygens (including phenoxy) is 1. The Morgan fingerprint density at radius 3 is 3.11 bits per heavy atom. The normalized spacial score (nSPS) is 31.0. The lowest BCUT2D eigenvalue weighted by Gasteiger charge is -2.45. The number of fused-ring (bicyclic) bond motifs is 1. The number of benzene rings is 1. The van der Waals surface area contributed by atoms with Crippen LogP contribution in [0.4, 0.5) is 0 Å². The molecule has 1 aromatic rings. The van der Waals surface area contributed by atoms with Gasteiger partial charge in [0.1, 0.15) is 11.4 Å². The summed E-state index contributed by atoms with van der Waals surface area (Å²) in [5.41, 5.74) is 0.294. The third-order valence-electron chi connectivity index (χ3n) is 4.09. The van der Waals surface area contributed by atoms with Crippen LogP contribution in [-0.4, -0.2) is 24.5 Å². The SMILES string of the molecule is CC1CNCCC12CC(=O)c1cc(Cl)ccc1O2. The van der Waals surface area contributed by atoms with E-state index in [0.717, 1.165) is 19.5 Å². The summed E-state index contributed by atoms with van der Waals surface area (Å²) in [7, 11) is 0. The van der Waals surface area contributed by atoms with Gasteiger partial charge in [-0.05, 0) is 24.7 Å². The van der Waals surface area contributed by atoms with Gasteiger partial charge in [0.05, 0.1) is 12.0 Å². The van der Waals surface area contributed by atoms with Crippen LogP contribution >= 0.6 is 11.6 Å². The fourth-order valence-corrected chi connectivity index (χ4v) is 3.07. The molecule has 0 aromatic heterocycles. The van der Waals surface area contributed by atoms with Crippen molar-refractivity contribution in [2.75, 3.05) is 13.1 Å². The van der Waals surface area contributed by atoms with Gasteiger partial charge in [-0.2, -0.15) is 0 Å². The van der Waals surface area contributed by atoms with E-state index in [4.69, 9.17) is 16.3 Å². The van der Waals surface area contributed by atoms with Gasteiger partial charge in [-0.1, -0.05) is 18.5 Å². The van der Waals surface area contributed by atoms with Crippen LogP contribution in [0.15, 0.2) is 18.2 Å². The smallest absolute Gasteiger partial charge is 0.170 e. The van der Waals surface area contributed by atoms with Crippen molar-refractivity contribution >= 4 is 17.4 Å². The Morgan fingerprint density at radius 1 is 1.50 bits per heavy atom. The van der Waals surface area contributed by atoms with E-state index < -0.39 is 0 Å². The van der Waals surface area contributed by atoms with Crippen molar-refractivity contribution in [3.05, 3.63) is 28.8 Å². The molecule has 3 rings (SSSR count). The predicted molar refractivity (Wildman–Crippen MR) is 70.4 cm³/mol. The van der Waals surface area contributed by atoms with Crippen molar-refractivity contribution in [2.45, 2.75) is 25.4 Å². The number of hydrogen-bond donors (Lipinski definition) is 1. The van der Waals surface area contributed by atoms with Gasteiger partial charge in [-0.3, -0.25) is 4.79 Å². The summed E-state index contributed by atoms with van der Waals surface area (Å²) in [6.07, 6.45) is 1.34. The minimum absolute atomic E-state index is 0.146. The lowest BCUT2D eigenvalue weighted by Crippen LogP contribution is -2.55. The zero-order chi connectivity index (χ0) is 12.8. The molecule has 2 unspecified atom stereocenters. The van der Waals surface area contributed by atoms with E-state index in [9.17, 15) is 4.79 Å². The van der Waals surface area contributed by atoms with Crippen molar-refractivity contribution < 1.29 is 9.53 Å². The van der Waals surface area contributed by atoms with Gasteiger partial charge in [-0.15, -0.1) is 0 Å². The highest BCUT2D eigenvalue weighted by Gasteiger charge is 2.45. The van der Waals surface area contributed by atoms with E-state index in [-0.39, 0.29) is 11.4 Å². The van der Waals surface area contributed by atoms with Crippen LogP contribution in [0.3, 0.4) is 0 Å². The first-order valence-corrected chi connectivity index (χ1v) is 6.71. The third-order valence-corrected chi connectivity index (χ3v) is 4.32. The number of carbonyl (C=O) groups is 1. The zero-order valence-electron chi connectivity index (χ0n) is 10.3. The van der Waals surface area contributed by atoms with Crippen LogP contribution in [0.1, 0.15) is 30.1 Å². The molecular formula is C14H16ClNO2. The van der Waals surface area contributed by atoms with Crippen LogP contribution in [-0.2, 0) is 0 Å². The summed E-state index contributed by atoms with van der Waals surface area (Å²) in [4.78, 5) is 12.3. The molecule has 18 heavy (non-hydrogen) atoms. The van der Waals surface area contributed by atoms with Gasteiger partial charge >= 0.3 is 0 Å². The first-order chi connectivity index (χ1) is 8.61. The molecule has 96 valence electrons. The summed E-state index contributed by atoms with van der Waals surface area (Å²) in [5, 5.41) is 3.92. The molecule has 3 nitrogen and oxygen atoms in total. The Labute approximate surface area is 111 Å². The first-order valence-electron chi connectivity index (χ1n) is 6.33. The minimum Gasteiger partial charge on any atom is -0.486 e. The molecule has 0 aliphatic carbocycles. The van der Waals surface area contributed by atoms with Gasteiger partial charge < -0.3 is 10.1 Å². The van der Waals surface area contributed by atoms with Crippen LogP contribution < -0.4 is 10.1 Å². The van der Waals surface area contributed by atoms with Crippen molar-refractivity contribution in [1.82, 2.24) is 5.32 Å². The topological polar surface area (TPSA) is 38.3 Å². The van der Waals surface area contributed by atoms with Gasteiger partial charge in [0, 0.05) is 23.9 Å². The van der Waals surface area contributed by atoms with Crippen LogP contribution in [0, 0.1) is 5.92 Å². The summed E-state index contributed by atoms with van der Waals surface area (Å²) in [5.74, 6) is 1.16. The Morgan fingerprint density at radius 2 is 2.33 bits per heavy atom. The zero-order valence-corrected chi connectivity index (χ0v) is 11.1. The average molecular weight is 266 g/mol. The minimum atomic E-state index is -0.330. The molecule has 1 N–H and O–H groups in total. The van der Waals surface area contributed by atoms with E-state index >= 15 is 0 Å². The fraction of sp³-hybridized carbons (Fsp3) is 0.500. The Hall–Kier alpha value is -1.06. The maximum atomic E-state index is 12.3. The summed E-state index contributed by atoms with van der Waals surface area (Å²) >= 11 is 5.93. The summed E-state index contributed by atoms with van der Waals surface area (Å²) in [6, 6.07) is 5.29. The molecule has 0 radical (unpaired) electrons. The van der Waals surface area contributed by atoms with E-state index in [1.54, 1.807) is 12.1 Å². The highest BCUT2D eigenvalue weighted by Crippen LogP contribution is 2.41. The lowest BCUT2D eigenvalue weighted by atomic mass is 9.76. The highest BCUT2D eigenvalue weighted by atomic mass is 35.5. The monoisotopic (exact) mass is 265 g/mol. The molecular weight excluding hydrogens is 250 g/mol. The maximum absolute atomic E-state index is 12.3. The van der Waals surface area contributed by atoms with Crippen molar-refractivity contribution in [2.24, 2.45) is 5.92 Å². The van der Waals surface area contributed by atoms with Gasteiger partial charge in [0.25, 0.3) is 0 Å². The molecule has 1 fully saturated rings. The third kappa shape index (κ3) is 1.82. The second-order valence-corrected chi connectivity index (χ2v) is 5.70. The number of halogens is 1. The molecule has 2 aliphatic rings. The summed E-state index contributed by atoms with van der Waals surface area (Å²) in [6.45, 7) is 3.94. The van der Waals surface area contributed by atoms with E-state index in [0.29, 0.717) is 28.7 Å². The number of hydrogen-bond acceptors (Lipinski definition) is 3. The van der Waals surface area contributed by atoms with E-state index in [1.807, 2.05) is 6.07 Å². The molecule has 2 heterocycles. The molecule has 0 amide bonds. The van der Waals surface area contributed by atoms with Gasteiger partial charge in [-0.25, -0.2) is 0 Å². The van der Waals surface area contributed by atoms with E-state index in [2.05, 4.69) is 12.2 Å². The molecule has 0 saturated carbocycles. The first kappa shape index (κ1) is 12.0. The molecule has 1 aromatic carbocycles. The number of nitrogens with one attached hydrogen (secondary N) is 1. The fourth-order valence-electron chi connectivity index (χ4n) is 2.90. The lowest BCUT2D eigenvalue weighted by molar-refractivity contribution is -0.0188. The molecule has 1 saturated heterocycles. The number of piperidine rings is 1. The molecule has 1 spiro atoms. The number of ketones is 1. The molecule has 0 bridgehead atoms. The Balaban J connectivity index is 2.00. The second kappa shape index (κ2) is 4.25. The summed E-state index contributed by atoms with van der Waals surface area (Å²) < 4.78 is 6.18. The Bertz CT molecular complexity index is 503. The maximum Gasteiger partial charge on any atom is 0.170 e. The van der Waals surface area contributed by atoms with Crippen LogP contribution in [0.25, 0.3) is 0 Å². The predicted octanol–water partition coefficient (Wildman–Crippen LogP) is 2.67. The molecule has 2 atom stereocenters. The average Bonchev–Trinajstić information content (AvgIpc) is 2.34. The van der Waals surface area contributed by atoms with Gasteiger partial charge in [0.15, 0.2) is 5.78 Å². The second-order valence-electron chi connectivity index (χ2n) is 5.26. The largest absolute Gasteiger partial charge is 0.486 e. The van der Waals surface area contributed by atoms with Gasteiger partial charge in [0.2, 0.25) is 0 Å². The van der Waals surface area contributed by atoms with E-state index in [1.165, 1.54) is 0 Å². The van der Waals surface area contributed by atoms with Crippen LogP contribution in [0.2, 0.25) is 5.02 Å². The van der Waals surface area contributed by atoms with Crippen molar-refractivity contribution in [1.29, 1.82) is 0 Å². The number of rotatable bonds is 0. The quantitative estimate of drug-likeness (QED) is 0.784. The van der Waals surface area contributed by atoms with Crippen molar-refractivity contribution in [3.8, 4) is 5.75 Å². The highest BCUT2D eigenvalue weighted by molar-refractivity contribution is 6.31. The number of Topliss-reactive ketones (excluding diaryl/α,β-unsaturated/α-hetero) is 1. The van der Waals surface area contributed by atoms with Crippen LogP contribution in [0.5, 0.6) is 5.75 Å². The molecule has 2 aliphatic heterocycles. The van der Waals surface area contributed by atoms with Crippen molar-refractivity contribution in [3.63, 3.8) is 0 Å². The Kier molecular flexibility index (Phi) is 2.83. The molecule has 4 heteroatoms. The number of carbonyl (C=O) groups excluding carboxylic acids is 1.